The first kappa shape index (κ1) is 14.8. The summed E-state index contributed by atoms with van der Waals surface area (Å²) in [4.78, 5) is 22.6. The Hall–Kier alpha value is -1.26. The van der Waals surface area contributed by atoms with Gasteiger partial charge in [-0.25, -0.2) is 9.59 Å². The van der Waals surface area contributed by atoms with Crippen molar-refractivity contribution in [1.82, 2.24) is 5.32 Å². The number of rotatable bonds is 5. The van der Waals surface area contributed by atoms with E-state index in [0.717, 1.165) is 19.3 Å². The van der Waals surface area contributed by atoms with Gasteiger partial charge >= 0.3 is 12.1 Å². The molecule has 1 amide bonds. The van der Waals surface area contributed by atoms with E-state index >= 15 is 0 Å². The first-order chi connectivity index (χ1) is 8.11. The van der Waals surface area contributed by atoms with Crippen molar-refractivity contribution >= 4 is 12.1 Å². The minimum Gasteiger partial charge on any atom is -0.480 e. The van der Waals surface area contributed by atoms with Crippen LogP contribution in [0.3, 0.4) is 0 Å². The Morgan fingerprint density at radius 2 is 1.94 bits per heavy atom. The average molecular weight is 257 g/mol. The highest BCUT2D eigenvalue weighted by Gasteiger charge is 2.38. The van der Waals surface area contributed by atoms with Crippen LogP contribution in [0.2, 0.25) is 0 Å². The first-order valence-electron chi connectivity index (χ1n) is 6.34. The molecule has 0 saturated heterocycles. The fourth-order valence-corrected chi connectivity index (χ4v) is 1.66. The molecule has 1 rings (SSSR count). The zero-order valence-electron chi connectivity index (χ0n) is 11.6. The molecule has 0 aromatic heterocycles. The Bertz CT molecular complexity index is 328. The normalized spacial score (nSPS) is 18.9. The van der Waals surface area contributed by atoms with Gasteiger partial charge in [0.05, 0.1) is 0 Å². The number of carboxylic acid groups (broad SMARTS) is 1. The summed E-state index contributed by atoms with van der Waals surface area (Å²) in [5.74, 6) is -1.01. The summed E-state index contributed by atoms with van der Waals surface area (Å²) < 4.78 is 5.05. The molecule has 0 spiro atoms. The predicted molar refractivity (Wildman–Crippen MR) is 67.4 cm³/mol. The van der Waals surface area contributed by atoms with Crippen molar-refractivity contribution in [2.24, 2.45) is 5.41 Å². The van der Waals surface area contributed by atoms with Crippen molar-refractivity contribution in [2.75, 3.05) is 0 Å². The molecule has 5 heteroatoms. The minimum atomic E-state index is -1.01. The van der Waals surface area contributed by atoms with E-state index in [1.807, 2.05) is 0 Å². The molecule has 1 aliphatic rings. The van der Waals surface area contributed by atoms with Gasteiger partial charge in [0, 0.05) is 0 Å². The van der Waals surface area contributed by atoms with Crippen LogP contribution in [0.15, 0.2) is 0 Å². The Balaban J connectivity index is 2.42. The molecule has 18 heavy (non-hydrogen) atoms. The number of amides is 1. The Kier molecular flexibility index (Phi) is 4.24. The van der Waals surface area contributed by atoms with Crippen molar-refractivity contribution in [3.8, 4) is 0 Å². The number of ether oxygens (including phenoxy) is 1. The third-order valence-electron chi connectivity index (χ3n) is 3.13. The number of carbonyl (C=O) groups is 2. The summed E-state index contributed by atoms with van der Waals surface area (Å²) in [6.07, 6.45) is 2.89. The fourth-order valence-electron chi connectivity index (χ4n) is 1.66. The van der Waals surface area contributed by atoms with Crippen LogP contribution in [0.4, 0.5) is 4.79 Å². The highest BCUT2D eigenvalue weighted by atomic mass is 16.6. The quantitative estimate of drug-likeness (QED) is 0.793. The second-order valence-electron chi connectivity index (χ2n) is 6.39. The van der Waals surface area contributed by atoms with E-state index in [1.165, 1.54) is 0 Å². The van der Waals surface area contributed by atoms with Crippen LogP contribution in [-0.2, 0) is 9.53 Å². The van der Waals surface area contributed by atoms with E-state index in [9.17, 15) is 9.59 Å². The molecule has 104 valence electrons. The van der Waals surface area contributed by atoms with Gasteiger partial charge in [0.1, 0.15) is 11.6 Å². The van der Waals surface area contributed by atoms with Gasteiger partial charge < -0.3 is 15.2 Å². The molecule has 1 fully saturated rings. The molecular weight excluding hydrogens is 234 g/mol. The van der Waals surface area contributed by atoms with Crippen LogP contribution in [0.1, 0.15) is 53.4 Å². The van der Waals surface area contributed by atoms with Gasteiger partial charge in [-0.2, -0.15) is 0 Å². The maximum Gasteiger partial charge on any atom is 0.408 e. The van der Waals surface area contributed by atoms with E-state index in [-0.39, 0.29) is 5.41 Å². The lowest BCUT2D eigenvalue weighted by Crippen LogP contribution is -2.43. The molecule has 0 aromatic rings. The molecule has 1 aliphatic carbocycles. The van der Waals surface area contributed by atoms with Crippen LogP contribution < -0.4 is 5.32 Å². The van der Waals surface area contributed by atoms with E-state index in [1.54, 1.807) is 20.8 Å². The second kappa shape index (κ2) is 5.16. The number of hydrogen-bond donors (Lipinski definition) is 2. The van der Waals surface area contributed by atoms with Crippen LogP contribution in [0.25, 0.3) is 0 Å². The molecule has 1 atom stereocenters. The largest absolute Gasteiger partial charge is 0.480 e. The van der Waals surface area contributed by atoms with Gasteiger partial charge in [-0.3, -0.25) is 0 Å². The number of carboxylic acids is 1. The van der Waals surface area contributed by atoms with Gasteiger partial charge in [-0.05, 0) is 51.9 Å². The standard InChI is InChI=1S/C13H23NO4/c1-12(2,3)18-11(17)14-9(10(15)16)5-6-13(4)7-8-13/h9H,5-8H2,1-4H3,(H,14,17)(H,15,16)/t9-/m1/s1. The third kappa shape index (κ3) is 5.38. The lowest BCUT2D eigenvalue weighted by atomic mass is 9.99. The lowest BCUT2D eigenvalue weighted by molar-refractivity contribution is -0.139. The van der Waals surface area contributed by atoms with Gasteiger partial charge in [-0.15, -0.1) is 0 Å². The topological polar surface area (TPSA) is 75.6 Å². The van der Waals surface area contributed by atoms with Crippen molar-refractivity contribution in [3.63, 3.8) is 0 Å². The highest BCUT2D eigenvalue weighted by Crippen LogP contribution is 2.49. The summed E-state index contributed by atoms with van der Waals surface area (Å²) in [5.41, 5.74) is -0.334. The summed E-state index contributed by atoms with van der Waals surface area (Å²) >= 11 is 0. The highest BCUT2D eigenvalue weighted by molar-refractivity contribution is 5.79. The van der Waals surface area contributed by atoms with Crippen LogP contribution >= 0.6 is 0 Å². The number of aliphatic carboxylic acids is 1. The van der Waals surface area contributed by atoms with Gasteiger partial charge in [0.15, 0.2) is 0 Å². The number of nitrogens with one attached hydrogen (secondary N) is 1. The van der Waals surface area contributed by atoms with Crippen LogP contribution in [0.5, 0.6) is 0 Å². The Morgan fingerprint density at radius 3 is 2.33 bits per heavy atom. The lowest BCUT2D eigenvalue weighted by Gasteiger charge is -2.22. The monoisotopic (exact) mass is 257 g/mol. The molecule has 1 saturated carbocycles. The zero-order chi connectivity index (χ0) is 14.0. The molecule has 0 aliphatic heterocycles. The van der Waals surface area contributed by atoms with Crippen molar-refractivity contribution in [3.05, 3.63) is 0 Å². The summed E-state index contributed by atoms with van der Waals surface area (Å²) in [6.45, 7) is 7.37. The number of hydrogen-bond acceptors (Lipinski definition) is 3. The molecule has 0 aromatic carbocycles. The summed E-state index contributed by atoms with van der Waals surface area (Å²) in [6, 6.07) is -0.864. The second-order valence-corrected chi connectivity index (χ2v) is 6.39. The Labute approximate surface area is 108 Å². The first-order valence-corrected chi connectivity index (χ1v) is 6.34. The minimum absolute atomic E-state index is 0.281. The van der Waals surface area contributed by atoms with Crippen molar-refractivity contribution in [2.45, 2.75) is 65.0 Å². The number of carbonyl (C=O) groups excluding carboxylic acids is 1. The SMILES string of the molecule is CC1(CC[C@@H](NC(=O)OC(C)(C)C)C(=O)O)CC1. The molecule has 0 bridgehead atoms. The molecule has 0 unspecified atom stereocenters. The van der Waals surface area contributed by atoms with Gasteiger partial charge in [-0.1, -0.05) is 6.92 Å². The van der Waals surface area contributed by atoms with E-state index < -0.39 is 23.7 Å². The van der Waals surface area contributed by atoms with E-state index in [2.05, 4.69) is 12.2 Å². The van der Waals surface area contributed by atoms with Crippen molar-refractivity contribution < 1.29 is 19.4 Å². The predicted octanol–water partition coefficient (Wildman–Crippen LogP) is 2.54. The molecule has 2 N–H and O–H groups in total. The van der Waals surface area contributed by atoms with Gasteiger partial charge in [0.2, 0.25) is 0 Å². The summed E-state index contributed by atoms with van der Waals surface area (Å²) in [7, 11) is 0. The van der Waals surface area contributed by atoms with E-state index in [0.29, 0.717) is 6.42 Å². The molecule has 0 heterocycles. The third-order valence-corrected chi connectivity index (χ3v) is 3.13. The van der Waals surface area contributed by atoms with Crippen molar-refractivity contribution in [1.29, 1.82) is 0 Å². The Morgan fingerprint density at radius 1 is 1.39 bits per heavy atom. The van der Waals surface area contributed by atoms with Crippen LogP contribution in [-0.4, -0.2) is 28.8 Å². The zero-order valence-corrected chi connectivity index (χ0v) is 11.6. The van der Waals surface area contributed by atoms with Crippen LogP contribution in [0, 0.1) is 5.41 Å². The molecular formula is C13H23NO4. The number of alkyl carbamates (subject to hydrolysis) is 1. The molecule has 0 radical (unpaired) electrons. The molecule has 5 nitrogen and oxygen atoms in total. The maximum atomic E-state index is 11.5. The average Bonchev–Trinajstić information content (AvgIpc) is 2.88. The smallest absolute Gasteiger partial charge is 0.408 e. The van der Waals surface area contributed by atoms with E-state index in [4.69, 9.17) is 9.84 Å². The maximum absolute atomic E-state index is 11.5. The summed E-state index contributed by atoms with van der Waals surface area (Å²) in [5, 5.41) is 11.5. The van der Waals surface area contributed by atoms with Gasteiger partial charge in [0.25, 0.3) is 0 Å². The fraction of sp³-hybridized carbons (Fsp3) is 0.846.